The van der Waals surface area contributed by atoms with Crippen molar-refractivity contribution >= 4 is 28.2 Å². The molecule has 0 bridgehead atoms. The van der Waals surface area contributed by atoms with E-state index in [4.69, 9.17) is 5.11 Å². The van der Waals surface area contributed by atoms with Gasteiger partial charge in [0.05, 0.1) is 12.2 Å². The smallest absolute Gasteiger partial charge is 0.256 e. The summed E-state index contributed by atoms with van der Waals surface area (Å²) < 4.78 is 0. The average Bonchev–Trinajstić information content (AvgIpc) is 2.98. The maximum absolute atomic E-state index is 12.6. The van der Waals surface area contributed by atoms with Gasteiger partial charge in [-0.1, -0.05) is 17.7 Å². The van der Waals surface area contributed by atoms with Gasteiger partial charge in [0.15, 0.2) is 0 Å². The van der Waals surface area contributed by atoms with Crippen molar-refractivity contribution in [3.8, 4) is 0 Å². The number of aliphatic hydroxyl groups is 1. The Morgan fingerprint density at radius 2 is 1.84 bits per heavy atom. The fraction of sp³-hybridized carbons (Fsp3) is 0.368. The number of carbonyl (C=O) groups excluding carboxylic acids is 2. The lowest BCUT2D eigenvalue weighted by molar-refractivity contribution is 0.0945. The van der Waals surface area contributed by atoms with Gasteiger partial charge in [0, 0.05) is 17.0 Å². The molecule has 1 aliphatic carbocycles. The van der Waals surface area contributed by atoms with Crippen LogP contribution in [0.3, 0.4) is 0 Å². The minimum absolute atomic E-state index is 0.108. The van der Waals surface area contributed by atoms with Crippen molar-refractivity contribution in [3.05, 3.63) is 51.4 Å². The van der Waals surface area contributed by atoms with E-state index in [0.29, 0.717) is 16.1 Å². The first kappa shape index (κ1) is 17.6. The van der Waals surface area contributed by atoms with Gasteiger partial charge < -0.3 is 15.7 Å². The summed E-state index contributed by atoms with van der Waals surface area (Å²) in [6.07, 6.45) is 3.96. The second-order valence-corrected chi connectivity index (χ2v) is 7.32. The fourth-order valence-electron chi connectivity index (χ4n) is 3.03. The zero-order valence-electron chi connectivity index (χ0n) is 14.2. The van der Waals surface area contributed by atoms with Crippen LogP contribution in [0, 0.1) is 6.92 Å². The van der Waals surface area contributed by atoms with Gasteiger partial charge in [-0.3, -0.25) is 9.59 Å². The van der Waals surface area contributed by atoms with E-state index >= 15 is 0 Å². The van der Waals surface area contributed by atoms with E-state index in [-0.39, 0.29) is 25.0 Å². The standard InChI is InChI=1S/C19H22N2O3S/c1-12-6-8-13(9-7-12)17(23)21-19-16(18(24)20-10-11-22)14-4-2-3-5-15(14)25-19/h6-9,22H,2-5,10-11H2,1H3,(H,20,24)(H,21,23). The highest BCUT2D eigenvalue weighted by Gasteiger charge is 2.26. The first-order valence-corrected chi connectivity index (χ1v) is 9.33. The number of hydrogen-bond donors (Lipinski definition) is 3. The molecule has 0 saturated heterocycles. The van der Waals surface area contributed by atoms with Crippen molar-refractivity contribution in [2.75, 3.05) is 18.5 Å². The predicted molar refractivity (Wildman–Crippen MR) is 99.5 cm³/mol. The Balaban J connectivity index is 1.89. The van der Waals surface area contributed by atoms with E-state index < -0.39 is 0 Å². The molecule has 132 valence electrons. The van der Waals surface area contributed by atoms with Crippen LogP contribution in [0.4, 0.5) is 5.00 Å². The number of hydrogen-bond acceptors (Lipinski definition) is 4. The average molecular weight is 358 g/mol. The van der Waals surface area contributed by atoms with Gasteiger partial charge in [-0.2, -0.15) is 0 Å². The number of benzene rings is 1. The van der Waals surface area contributed by atoms with Gasteiger partial charge in [0.2, 0.25) is 0 Å². The second kappa shape index (κ2) is 7.80. The van der Waals surface area contributed by atoms with E-state index in [9.17, 15) is 9.59 Å². The third-order valence-electron chi connectivity index (χ3n) is 4.34. The van der Waals surface area contributed by atoms with Gasteiger partial charge in [0.25, 0.3) is 11.8 Å². The van der Waals surface area contributed by atoms with Crippen LogP contribution in [0.15, 0.2) is 24.3 Å². The van der Waals surface area contributed by atoms with E-state index in [1.54, 1.807) is 12.1 Å². The van der Waals surface area contributed by atoms with Crippen LogP contribution in [0.2, 0.25) is 0 Å². The molecule has 1 heterocycles. The number of fused-ring (bicyclic) bond motifs is 1. The largest absolute Gasteiger partial charge is 0.395 e. The van der Waals surface area contributed by atoms with E-state index in [0.717, 1.165) is 36.8 Å². The molecule has 2 aromatic rings. The first-order chi connectivity index (χ1) is 12.1. The fourth-order valence-corrected chi connectivity index (χ4v) is 4.31. The van der Waals surface area contributed by atoms with Gasteiger partial charge in [-0.25, -0.2) is 0 Å². The molecule has 0 saturated carbocycles. The maximum atomic E-state index is 12.6. The lowest BCUT2D eigenvalue weighted by Crippen LogP contribution is -2.28. The summed E-state index contributed by atoms with van der Waals surface area (Å²) in [5.74, 6) is -0.442. The molecule has 1 aromatic carbocycles. The molecule has 3 N–H and O–H groups in total. The predicted octanol–water partition coefficient (Wildman–Crippen LogP) is 2.91. The minimum Gasteiger partial charge on any atom is -0.395 e. The van der Waals surface area contributed by atoms with Gasteiger partial charge >= 0.3 is 0 Å². The molecule has 6 heteroatoms. The van der Waals surface area contributed by atoms with E-state index in [1.165, 1.54) is 16.2 Å². The van der Waals surface area contributed by atoms with Crippen LogP contribution in [-0.4, -0.2) is 30.1 Å². The number of amides is 2. The summed E-state index contributed by atoms with van der Waals surface area (Å²) in [6.45, 7) is 2.07. The highest BCUT2D eigenvalue weighted by Crippen LogP contribution is 2.38. The van der Waals surface area contributed by atoms with Crippen LogP contribution in [0.1, 0.15) is 49.6 Å². The van der Waals surface area contributed by atoms with Crippen LogP contribution in [-0.2, 0) is 12.8 Å². The third kappa shape index (κ3) is 3.91. The van der Waals surface area contributed by atoms with Gasteiger partial charge in [-0.15, -0.1) is 11.3 Å². The highest BCUT2D eigenvalue weighted by atomic mass is 32.1. The Morgan fingerprint density at radius 1 is 1.12 bits per heavy atom. The number of anilines is 1. The quantitative estimate of drug-likeness (QED) is 0.769. The minimum atomic E-state index is -0.229. The molecule has 1 aliphatic rings. The molecule has 0 radical (unpaired) electrons. The Labute approximate surface area is 151 Å². The van der Waals surface area contributed by atoms with Crippen molar-refractivity contribution in [1.82, 2.24) is 5.32 Å². The summed E-state index contributed by atoms with van der Waals surface area (Å²) in [7, 11) is 0. The molecule has 0 fully saturated rings. The summed E-state index contributed by atoms with van der Waals surface area (Å²) in [5.41, 5.74) is 3.27. The number of nitrogens with one attached hydrogen (secondary N) is 2. The lowest BCUT2D eigenvalue weighted by atomic mass is 9.95. The second-order valence-electron chi connectivity index (χ2n) is 6.21. The van der Waals surface area contributed by atoms with Crippen molar-refractivity contribution in [3.63, 3.8) is 0 Å². The Kier molecular flexibility index (Phi) is 5.50. The van der Waals surface area contributed by atoms with Gasteiger partial charge in [-0.05, 0) is 50.3 Å². The summed E-state index contributed by atoms with van der Waals surface area (Å²) in [6, 6.07) is 7.35. The maximum Gasteiger partial charge on any atom is 0.256 e. The SMILES string of the molecule is Cc1ccc(C(=O)Nc2sc3c(c2C(=O)NCCO)CCCC3)cc1. The van der Waals surface area contributed by atoms with Crippen molar-refractivity contribution < 1.29 is 14.7 Å². The molecule has 0 aliphatic heterocycles. The molecule has 0 spiro atoms. The monoisotopic (exact) mass is 358 g/mol. The molecular weight excluding hydrogens is 336 g/mol. The van der Waals surface area contributed by atoms with E-state index in [1.807, 2.05) is 19.1 Å². The zero-order valence-corrected chi connectivity index (χ0v) is 15.0. The Hall–Kier alpha value is -2.18. The molecule has 5 nitrogen and oxygen atoms in total. The van der Waals surface area contributed by atoms with Crippen molar-refractivity contribution in [2.24, 2.45) is 0 Å². The molecule has 1 aromatic heterocycles. The lowest BCUT2D eigenvalue weighted by Gasteiger charge is -2.13. The molecule has 3 rings (SSSR count). The number of carbonyl (C=O) groups is 2. The normalized spacial score (nSPS) is 13.2. The molecule has 0 atom stereocenters. The summed E-state index contributed by atoms with van der Waals surface area (Å²) >= 11 is 1.49. The van der Waals surface area contributed by atoms with Crippen molar-refractivity contribution in [2.45, 2.75) is 32.6 Å². The summed E-state index contributed by atoms with van der Waals surface area (Å²) in [5, 5.41) is 15.2. The van der Waals surface area contributed by atoms with E-state index in [2.05, 4.69) is 10.6 Å². The number of thiophene rings is 1. The highest BCUT2D eigenvalue weighted by molar-refractivity contribution is 7.17. The zero-order chi connectivity index (χ0) is 17.8. The molecule has 0 unspecified atom stereocenters. The van der Waals surface area contributed by atoms with Crippen LogP contribution < -0.4 is 10.6 Å². The van der Waals surface area contributed by atoms with Crippen LogP contribution in [0.25, 0.3) is 0 Å². The van der Waals surface area contributed by atoms with Crippen molar-refractivity contribution in [1.29, 1.82) is 0 Å². The van der Waals surface area contributed by atoms with Gasteiger partial charge in [0.1, 0.15) is 5.00 Å². The Morgan fingerprint density at radius 3 is 2.56 bits per heavy atom. The molecular formula is C19H22N2O3S. The molecule has 2 amide bonds. The number of aliphatic hydroxyl groups excluding tert-OH is 1. The number of aryl methyl sites for hydroxylation is 2. The number of rotatable bonds is 5. The summed E-state index contributed by atoms with van der Waals surface area (Å²) in [4.78, 5) is 26.3. The first-order valence-electron chi connectivity index (χ1n) is 8.51. The Bertz CT molecular complexity index is 781. The topological polar surface area (TPSA) is 78.4 Å². The van der Waals surface area contributed by atoms with Crippen LogP contribution in [0.5, 0.6) is 0 Å². The van der Waals surface area contributed by atoms with Crippen LogP contribution >= 0.6 is 11.3 Å². The molecule has 25 heavy (non-hydrogen) atoms. The third-order valence-corrected chi connectivity index (χ3v) is 5.54.